The second-order valence-corrected chi connectivity index (χ2v) is 6.32. The summed E-state index contributed by atoms with van der Waals surface area (Å²) in [5.74, 6) is 0.800. The zero-order chi connectivity index (χ0) is 11.2. The molecular formula is C13H25N3. The number of piperazine rings is 1. The van der Waals surface area contributed by atoms with Gasteiger partial charge in [-0.05, 0) is 38.5 Å². The van der Waals surface area contributed by atoms with Crippen molar-refractivity contribution in [2.45, 2.75) is 44.2 Å². The molecule has 0 amide bonds. The van der Waals surface area contributed by atoms with Crippen LogP contribution in [0.25, 0.3) is 0 Å². The quantitative estimate of drug-likeness (QED) is 0.768. The number of hydrogen-bond acceptors (Lipinski definition) is 3. The van der Waals surface area contributed by atoms with Gasteiger partial charge in [-0.25, -0.2) is 0 Å². The Balaban J connectivity index is 1.46. The lowest BCUT2D eigenvalue weighted by Gasteiger charge is -2.39. The first-order valence-corrected chi connectivity index (χ1v) is 6.90. The predicted molar refractivity (Wildman–Crippen MR) is 66.4 cm³/mol. The van der Waals surface area contributed by atoms with Crippen molar-refractivity contribution in [3.8, 4) is 0 Å². The smallest absolute Gasteiger partial charge is 0.0283 e. The molecule has 1 heterocycles. The van der Waals surface area contributed by atoms with Crippen LogP contribution in [0.5, 0.6) is 0 Å². The van der Waals surface area contributed by atoms with Crippen LogP contribution in [0.3, 0.4) is 0 Å². The van der Waals surface area contributed by atoms with E-state index in [0.29, 0.717) is 0 Å². The van der Waals surface area contributed by atoms with Crippen LogP contribution in [0.1, 0.15) is 32.6 Å². The molecule has 1 saturated heterocycles. The lowest BCUT2D eigenvalue weighted by atomic mass is 9.96. The molecule has 2 aliphatic carbocycles. The van der Waals surface area contributed by atoms with Gasteiger partial charge < -0.3 is 5.73 Å². The van der Waals surface area contributed by atoms with Crippen LogP contribution >= 0.6 is 0 Å². The fourth-order valence-corrected chi connectivity index (χ4v) is 3.08. The average Bonchev–Trinajstić information content (AvgIpc) is 3.10. The minimum Gasteiger partial charge on any atom is -0.324 e. The lowest BCUT2D eigenvalue weighted by molar-refractivity contribution is 0.104. The normalized spacial score (nSPS) is 32.6. The van der Waals surface area contributed by atoms with Gasteiger partial charge in [0.15, 0.2) is 0 Å². The molecule has 3 aliphatic rings. The molecule has 16 heavy (non-hydrogen) atoms. The van der Waals surface area contributed by atoms with Crippen molar-refractivity contribution in [3.63, 3.8) is 0 Å². The van der Waals surface area contributed by atoms with Gasteiger partial charge in [0.1, 0.15) is 0 Å². The Labute approximate surface area is 99.0 Å². The summed E-state index contributed by atoms with van der Waals surface area (Å²) in [6, 6.07) is 0.940. The molecule has 1 atom stereocenters. The van der Waals surface area contributed by atoms with Crippen molar-refractivity contribution in [2.75, 3.05) is 32.7 Å². The molecule has 0 aromatic heterocycles. The Kier molecular flexibility index (Phi) is 2.73. The lowest BCUT2D eigenvalue weighted by Crippen LogP contribution is -2.55. The molecule has 1 unspecified atom stereocenters. The van der Waals surface area contributed by atoms with Gasteiger partial charge in [0.2, 0.25) is 0 Å². The largest absolute Gasteiger partial charge is 0.324 e. The van der Waals surface area contributed by atoms with Crippen LogP contribution in [-0.2, 0) is 0 Å². The van der Waals surface area contributed by atoms with E-state index in [1.165, 1.54) is 51.9 Å². The zero-order valence-electron chi connectivity index (χ0n) is 10.5. The topological polar surface area (TPSA) is 32.5 Å². The van der Waals surface area contributed by atoms with Gasteiger partial charge in [0.25, 0.3) is 0 Å². The summed E-state index contributed by atoms with van der Waals surface area (Å²) in [4.78, 5) is 5.25. The van der Waals surface area contributed by atoms with Crippen molar-refractivity contribution < 1.29 is 0 Å². The Morgan fingerprint density at radius 2 is 1.69 bits per heavy atom. The van der Waals surface area contributed by atoms with Gasteiger partial charge in [0.05, 0.1) is 0 Å². The molecular weight excluding hydrogens is 198 g/mol. The van der Waals surface area contributed by atoms with E-state index < -0.39 is 0 Å². The van der Waals surface area contributed by atoms with Crippen molar-refractivity contribution >= 4 is 0 Å². The first kappa shape index (κ1) is 11.0. The third-order valence-electron chi connectivity index (χ3n) is 4.54. The van der Waals surface area contributed by atoms with E-state index in [-0.39, 0.29) is 5.54 Å². The van der Waals surface area contributed by atoms with Crippen LogP contribution in [-0.4, -0.2) is 54.1 Å². The molecule has 3 nitrogen and oxygen atoms in total. The van der Waals surface area contributed by atoms with Crippen molar-refractivity contribution in [1.82, 2.24) is 9.80 Å². The van der Waals surface area contributed by atoms with Crippen LogP contribution in [0.15, 0.2) is 0 Å². The molecule has 92 valence electrons. The highest BCUT2D eigenvalue weighted by molar-refractivity contribution is 4.98. The summed E-state index contributed by atoms with van der Waals surface area (Å²) < 4.78 is 0. The van der Waals surface area contributed by atoms with E-state index in [1.807, 2.05) is 0 Å². The van der Waals surface area contributed by atoms with E-state index in [2.05, 4.69) is 16.7 Å². The summed E-state index contributed by atoms with van der Waals surface area (Å²) >= 11 is 0. The number of hydrogen-bond donors (Lipinski definition) is 1. The first-order valence-electron chi connectivity index (χ1n) is 6.90. The molecule has 1 aliphatic heterocycles. The van der Waals surface area contributed by atoms with Gasteiger partial charge in [0, 0.05) is 44.3 Å². The van der Waals surface area contributed by atoms with Crippen LogP contribution in [0, 0.1) is 5.92 Å². The molecule has 3 fully saturated rings. The van der Waals surface area contributed by atoms with Gasteiger partial charge in [-0.15, -0.1) is 0 Å². The Morgan fingerprint density at radius 1 is 1.06 bits per heavy atom. The van der Waals surface area contributed by atoms with Crippen molar-refractivity contribution in [3.05, 3.63) is 0 Å². The molecule has 0 radical (unpaired) electrons. The molecule has 2 saturated carbocycles. The molecule has 0 aromatic rings. The standard InChI is InChI=1S/C13H25N3/c1-13(14,11-2-3-11)10-15-6-8-16(9-7-15)12-4-5-12/h11-12H,2-10,14H2,1H3. The number of nitrogens with two attached hydrogens (primary N) is 1. The highest BCUT2D eigenvalue weighted by Crippen LogP contribution is 2.38. The van der Waals surface area contributed by atoms with Crippen molar-refractivity contribution in [2.24, 2.45) is 11.7 Å². The maximum Gasteiger partial charge on any atom is 0.0283 e. The van der Waals surface area contributed by atoms with E-state index in [9.17, 15) is 0 Å². The highest BCUT2D eigenvalue weighted by atomic mass is 15.3. The molecule has 3 rings (SSSR count). The van der Waals surface area contributed by atoms with Gasteiger partial charge >= 0.3 is 0 Å². The Morgan fingerprint density at radius 3 is 2.19 bits per heavy atom. The molecule has 0 spiro atoms. The fraction of sp³-hybridized carbons (Fsp3) is 1.00. The molecule has 3 heteroatoms. The van der Waals surface area contributed by atoms with Gasteiger partial charge in [-0.2, -0.15) is 0 Å². The van der Waals surface area contributed by atoms with E-state index in [0.717, 1.165) is 18.5 Å². The van der Waals surface area contributed by atoms with Gasteiger partial charge in [-0.1, -0.05) is 0 Å². The van der Waals surface area contributed by atoms with E-state index in [4.69, 9.17) is 5.73 Å². The van der Waals surface area contributed by atoms with Gasteiger partial charge in [-0.3, -0.25) is 9.80 Å². The summed E-state index contributed by atoms with van der Waals surface area (Å²) in [6.07, 6.45) is 5.59. The predicted octanol–water partition coefficient (Wildman–Crippen LogP) is 0.894. The highest BCUT2D eigenvalue weighted by Gasteiger charge is 2.40. The second kappa shape index (κ2) is 3.97. The molecule has 0 aromatic carbocycles. The third kappa shape index (κ3) is 2.41. The summed E-state index contributed by atoms with van der Waals surface area (Å²) in [5, 5.41) is 0. The zero-order valence-corrected chi connectivity index (χ0v) is 10.5. The average molecular weight is 223 g/mol. The Bertz CT molecular complexity index is 248. The summed E-state index contributed by atoms with van der Waals surface area (Å²) in [7, 11) is 0. The summed E-state index contributed by atoms with van der Waals surface area (Å²) in [5.41, 5.74) is 6.48. The fourth-order valence-electron chi connectivity index (χ4n) is 3.08. The van der Waals surface area contributed by atoms with Crippen molar-refractivity contribution in [1.29, 1.82) is 0 Å². The SMILES string of the molecule is CC(N)(CN1CCN(C2CC2)CC1)C1CC1. The maximum atomic E-state index is 6.40. The van der Waals surface area contributed by atoms with E-state index in [1.54, 1.807) is 0 Å². The molecule has 2 N–H and O–H groups in total. The maximum absolute atomic E-state index is 6.40. The van der Waals surface area contributed by atoms with E-state index >= 15 is 0 Å². The first-order chi connectivity index (χ1) is 7.65. The molecule has 0 bridgehead atoms. The third-order valence-corrected chi connectivity index (χ3v) is 4.54. The Hall–Kier alpha value is -0.120. The number of nitrogens with zero attached hydrogens (tertiary/aromatic N) is 2. The summed E-state index contributed by atoms with van der Waals surface area (Å²) in [6.45, 7) is 8.36. The number of rotatable bonds is 4. The second-order valence-electron chi connectivity index (χ2n) is 6.32. The van der Waals surface area contributed by atoms with Crippen LogP contribution in [0.2, 0.25) is 0 Å². The minimum atomic E-state index is 0.0712. The van der Waals surface area contributed by atoms with Crippen LogP contribution in [0.4, 0.5) is 0 Å². The minimum absolute atomic E-state index is 0.0712. The monoisotopic (exact) mass is 223 g/mol. The van der Waals surface area contributed by atoms with Crippen LogP contribution < -0.4 is 5.73 Å².